The van der Waals surface area contributed by atoms with Crippen LogP contribution in [0.3, 0.4) is 0 Å². The van der Waals surface area contributed by atoms with Crippen LogP contribution in [0.15, 0.2) is 28.9 Å². The predicted molar refractivity (Wildman–Crippen MR) is 49.8 cm³/mol. The van der Waals surface area contributed by atoms with E-state index in [1.807, 2.05) is 12.3 Å². The van der Waals surface area contributed by atoms with E-state index in [-0.39, 0.29) is 0 Å². The number of hydrogen-bond donors (Lipinski definition) is 0. The van der Waals surface area contributed by atoms with E-state index >= 15 is 0 Å². The van der Waals surface area contributed by atoms with E-state index in [1.54, 1.807) is 0 Å². The van der Waals surface area contributed by atoms with Crippen molar-refractivity contribution in [2.24, 2.45) is 10.9 Å². The summed E-state index contributed by atoms with van der Waals surface area (Å²) in [6.45, 7) is 4.27. The Morgan fingerprint density at radius 2 is 2.45 bits per heavy atom. The highest BCUT2D eigenvalue weighted by Gasteiger charge is 2.00. The maximum atomic E-state index is 4.23. The zero-order valence-electron chi connectivity index (χ0n) is 7.25. The molecule has 1 unspecified atom stereocenters. The van der Waals surface area contributed by atoms with E-state index in [4.69, 9.17) is 0 Å². The van der Waals surface area contributed by atoms with Crippen LogP contribution in [-0.2, 0) is 0 Å². The number of nitrogens with zero attached hydrogens (tertiary/aromatic N) is 1. The Bertz CT molecular complexity index is 199. The minimum Gasteiger partial charge on any atom is -0.262 e. The van der Waals surface area contributed by atoms with Crippen molar-refractivity contribution in [1.29, 1.82) is 0 Å². The van der Waals surface area contributed by atoms with Crippen molar-refractivity contribution in [2.75, 3.05) is 0 Å². The molecule has 11 heavy (non-hydrogen) atoms. The number of allylic oxidation sites excluding steroid dienone is 4. The molecular formula is C10H15N. The van der Waals surface area contributed by atoms with E-state index in [1.165, 1.54) is 6.42 Å². The topological polar surface area (TPSA) is 12.4 Å². The Kier molecular flexibility index (Phi) is 3.09. The van der Waals surface area contributed by atoms with Gasteiger partial charge in [-0.2, -0.15) is 0 Å². The summed E-state index contributed by atoms with van der Waals surface area (Å²) < 4.78 is 0. The van der Waals surface area contributed by atoms with Crippen LogP contribution in [0.5, 0.6) is 0 Å². The lowest BCUT2D eigenvalue weighted by atomic mass is 10.0. The summed E-state index contributed by atoms with van der Waals surface area (Å²) in [4.78, 5) is 4.23. The van der Waals surface area contributed by atoms with Gasteiger partial charge in [-0.3, -0.25) is 4.99 Å². The van der Waals surface area contributed by atoms with Crippen LogP contribution in [0, 0.1) is 5.92 Å². The van der Waals surface area contributed by atoms with Gasteiger partial charge in [0.1, 0.15) is 0 Å². The van der Waals surface area contributed by atoms with Gasteiger partial charge in [0.25, 0.3) is 0 Å². The molecule has 0 aromatic rings. The molecule has 60 valence electrons. The monoisotopic (exact) mass is 149 g/mol. The maximum Gasteiger partial charge on any atom is 0.0335 e. The van der Waals surface area contributed by atoms with E-state index < -0.39 is 0 Å². The van der Waals surface area contributed by atoms with Crippen LogP contribution in [-0.4, -0.2) is 6.21 Å². The Morgan fingerprint density at radius 1 is 1.64 bits per heavy atom. The maximum absolute atomic E-state index is 4.23. The third-order valence-corrected chi connectivity index (χ3v) is 1.94. The molecule has 1 aliphatic heterocycles. The van der Waals surface area contributed by atoms with Gasteiger partial charge >= 0.3 is 0 Å². The van der Waals surface area contributed by atoms with Crippen LogP contribution in [0.1, 0.15) is 26.7 Å². The molecule has 1 atom stereocenters. The molecule has 0 aromatic carbocycles. The molecule has 1 heteroatoms. The average molecular weight is 149 g/mol. The van der Waals surface area contributed by atoms with Crippen molar-refractivity contribution in [2.45, 2.75) is 26.7 Å². The van der Waals surface area contributed by atoms with Gasteiger partial charge in [-0.15, -0.1) is 0 Å². The summed E-state index contributed by atoms with van der Waals surface area (Å²) in [6.07, 6.45) is 10.7. The van der Waals surface area contributed by atoms with Gasteiger partial charge in [0.15, 0.2) is 0 Å². The van der Waals surface area contributed by atoms with Crippen LogP contribution >= 0.6 is 0 Å². The smallest absolute Gasteiger partial charge is 0.0335 e. The van der Waals surface area contributed by atoms with Gasteiger partial charge in [-0.1, -0.05) is 19.1 Å². The number of hydrogen-bond acceptors (Lipinski definition) is 1. The highest BCUT2D eigenvalue weighted by molar-refractivity contribution is 5.72. The Hall–Kier alpha value is -0.850. The molecule has 0 bridgehead atoms. The van der Waals surface area contributed by atoms with Crippen LogP contribution in [0.2, 0.25) is 0 Å². The van der Waals surface area contributed by atoms with Gasteiger partial charge in [0.05, 0.1) is 0 Å². The standard InChI is InChI=1S/C10H15N/c1-3-10-6-4-5-7-11-9(2)8-10/h4-5,7-8,10H,3,6H2,1-2H3. The van der Waals surface area contributed by atoms with Gasteiger partial charge in [-0.25, -0.2) is 0 Å². The summed E-state index contributed by atoms with van der Waals surface area (Å²) in [7, 11) is 0. The minimum absolute atomic E-state index is 0.684. The molecule has 0 spiro atoms. The zero-order valence-corrected chi connectivity index (χ0v) is 7.25. The Morgan fingerprint density at radius 3 is 3.18 bits per heavy atom. The lowest BCUT2D eigenvalue weighted by Crippen LogP contribution is -1.94. The average Bonchev–Trinajstić information content (AvgIpc) is 1.96. The molecule has 0 saturated heterocycles. The summed E-state index contributed by atoms with van der Waals surface area (Å²) in [5, 5.41) is 0. The fourth-order valence-corrected chi connectivity index (χ4v) is 1.21. The predicted octanol–water partition coefficient (Wildman–Crippen LogP) is 2.95. The van der Waals surface area contributed by atoms with Gasteiger partial charge in [0, 0.05) is 11.9 Å². The van der Waals surface area contributed by atoms with Crippen LogP contribution < -0.4 is 0 Å². The van der Waals surface area contributed by atoms with Gasteiger partial charge < -0.3 is 0 Å². The Balaban J connectivity index is 2.71. The molecule has 1 heterocycles. The molecule has 0 N–H and O–H groups in total. The molecule has 1 aliphatic rings. The molecule has 0 aliphatic carbocycles. The quantitative estimate of drug-likeness (QED) is 0.543. The third kappa shape index (κ3) is 2.71. The first-order chi connectivity index (χ1) is 5.33. The number of rotatable bonds is 1. The lowest BCUT2D eigenvalue weighted by Gasteiger charge is -2.08. The molecule has 0 fully saturated rings. The first kappa shape index (κ1) is 8.25. The lowest BCUT2D eigenvalue weighted by molar-refractivity contribution is 0.632. The van der Waals surface area contributed by atoms with E-state index in [2.05, 4.69) is 31.0 Å². The second kappa shape index (κ2) is 4.12. The molecule has 0 radical (unpaired) electrons. The SMILES string of the molecule is CCC1C=C(C)N=CC=CC1. The van der Waals surface area contributed by atoms with Crippen molar-refractivity contribution >= 4 is 6.21 Å². The summed E-state index contributed by atoms with van der Waals surface area (Å²) >= 11 is 0. The van der Waals surface area contributed by atoms with Gasteiger partial charge in [0.2, 0.25) is 0 Å². The first-order valence-corrected chi connectivity index (χ1v) is 4.20. The highest BCUT2D eigenvalue weighted by atomic mass is 14.7. The second-order valence-corrected chi connectivity index (χ2v) is 2.92. The number of aliphatic imine (C=N–C) groups is 1. The van der Waals surface area contributed by atoms with Crippen molar-refractivity contribution in [1.82, 2.24) is 0 Å². The molecule has 0 aromatic heterocycles. The third-order valence-electron chi connectivity index (χ3n) is 1.94. The fourth-order valence-electron chi connectivity index (χ4n) is 1.21. The van der Waals surface area contributed by atoms with Crippen LogP contribution in [0.25, 0.3) is 0 Å². The second-order valence-electron chi connectivity index (χ2n) is 2.92. The molecule has 1 rings (SSSR count). The van der Waals surface area contributed by atoms with Crippen molar-refractivity contribution < 1.29 is 0 Å². The van der Waals surface area contributed by atoms with E-state index in [0.29, 0.717) is 5.92 Å². The highest BCUT2D eigenvalue weighted by Crippen LogP contribution is 2.14. The largest absolute Gasteiger partial charge is 0.262 e. The molecule has 1 nitrogen and oxygen atoms in total. The molecule has 0 amide bonds. The van der Waals surface area contributed by atoms with E-state index in [0.717, 1.165) is 12.1 Å². The minimum atomic E-state index is 0.684. The fraction of sp³-hybridized carbons (Fsp3) is 0.500. The Labute approximate surface area is 68.5 Å². The first-order valence-electron chi connectivity index (χ1n) is 4.20. The van der Waals surface area contributed by atoms with Crippen LogP contribution in [0.4, 0.5) is 0 Å². The van der Waals surface area contributed by atoms with Crippen molar-refractivity contribution in [3.8, 4) is 0 Å². The molecular weight excluding hydrogens is 134 g/mol. The molecule has 0 saturated carbocycles. The van der Waals surface area contributed by atoms with E-state index in [9.17, 15) is 0 Å². The zero-order chi connectivity index (χ0) is 8.10. The summed E-state index contributed by atoms with van der Waals surface area (Å²) in [5.74, 6) is 0.684. The summed E-state index contributed by atoms with van der Waals surface area (Å²) in [5.41, 5.74) is 1.14. The van der Waals surface area contributed by atoms with Crippen molar-refractivity contribution in [3.05, 3.63) is 23.9 Å². The normalized spacial score (nSPS) is 24.2. The summed E-state index contributed by atoms with van der Waals surface area (Å²) in [6, 6.07) is 0. The van der Waals surface area contributed by atoms with Gasteiger partial charge in [-0.05, 0) is 31.8 Å². The van der Waals surface area contributed by atoms with Crippen molar-refractivity contribution in [3.63, 3.8) is 0 Å².